The van der Waals surface area contributed by atoms with E-state index in [1.54, 1.807) is 11.3 Å². The second-order valence-corrected chi connectivity index (χ2v) is 6.43. The Balaban J connectivity index is 1.51. The number of nitrogens with one attached hydrogen (secondary N) is 1. The van der Waals surface area contributed by atoms with Gasteiger partial charge in [-0.25, -0.2) is 13.8 Å². The summed E-state index contributed by atoms with van der Waals surface area (Å²) in [6, 6.07) is 7.59. The number of aromatic nitrogens is 1. The molecule has 0 aliphatic heterocycles. The van der Waals surface area contributed by atoms with Gasteiger partial charge in [0.15, 0.2) is 11.7 Å². The number of hydrogen-bond acceptors (Lipinski definition) is 4. The van der Waals surface area contributed by atoms with Crippen molar-refractivity contribution in [3.05, 3.63) is 64.3 Å². The summed E-state index contributed by atoms with van der Waals surface area (Å²) in [5.74, 6) is -1.26. The summed E-state index contributed by atoms with van der Waals surface area (Å²) < 4.78 is 32.8. The van der Waals surface area contributed by atoms with Crippen LogP contribution in [0.1, 0.15) is 17.2 Å². The molecular weight excluding hydrogens is 346 g/mol. The van der Waals surface area contributed by atoms with Crippen molar-refractivity contribution in [1.82, 2.24) is 10.3 Å². The van der Waals surface area contributed by atoms with E-state index in [4.69, 9.17) is 4.42 Å². The summed E-state index contributed by atoms with van der Waals surface area (Å²) in [5, 5.41) is 4.82. The van der Waals surface area contributed by atoms with Gasteiger partial charge < -0.3 is 9.73 Å². The Morgan fingerprint density at radius 2 is 1.96 bits per heavy atom. The average molecular weight is 362 g/mol. The lowest BCUT2D eigenvalue weighted by Crippen LogP contribution is -2.25. The number of halogens is 2. The molecule has 130 valence electrons. The van der Waals surface area contributed by atoms with E-state index in [0.717, 1.165) is 18.6 Å². The van der Waals surface area contributed by atoms with Crippen molar-refractivity contribution in [2.24, 2.45) is 0 Å². The fourth-order valence-corrected chi connectivity index (χ4v) is 3.07. The molecule has 3 aromatic rings. The summed E-state index contributed by atoms with van der Waals surface area (Å²) in [5.41, 5.74) is -0.248. The summed E-state index contributed by atoms with van der Waals surface area (Å²) >= 11 is 1.65. The van der Waals surface area contributed by atoms with Crippen molar-refractivity contribution < 1.29 is 18.0 Å². The number of amides is 1. The first kappa shape index (κ1) is 17.3. The van der Waals surface area contributed by atoms with E-state index in [9.17, 15) is 13.6 Å². The molecule has 1 aromatic carbocycles. The van der Waals surface area contributed by atoms with Crippen molar-refractivity contribution in [3.63, 3.8) is 0 Å². The predicted molar refractivity (Wildman–Crippen MR) is 91.2 cm³/mol. The first-order chi connectivity index (χ1) is 12.1. The molecule has 0 fully saturated rings. The van der Waals surface area contributed by atoms with E-state index >= 15 is 0 Å². The van der Waals surface area contributed by atoms with E-state index in [-0.39, 0.29) is 36.0 Å². The lowest BCUT2D eigenvalue weighted by atomic mass is 10.1. The molecule has 0 saturated heterocycles. The molecule has 0 saturated carbocycles. The van der Waals surface area contributed by atoms with Gasteiger partial charge in [0.25, 0.3) is 0 Å². The average Bonchev–Trinajstić information content (AvgIpc) is 3.25. The Labute approximate surface area is 147 Å². The van der Waals surface area contributed by atoms with Gasteiger partial charge in [0, 0.05) is 24.3 Å². The van der Waals surface area contributed by atoms with Crippen molar-refractivity contribution >= 4 is 17.2 Å². The molecule has 0 atom stereocenters. The fourth-order valence-electron chi connectivity index (χ4n) is 2.36. The molecule has 4 nitrogen and oxygen atoms in total. The Hall–Kier alpha value is -2.54. The van der Waals surface area contributed by atoms with Gasteiger partial charge in [0.05, 0.1) is 11.8 Å². The van der Waals surface area contributed by atoms with Crippen LogP contribution < -0.4 is 5.32 Å². The minimum absolute atomic E-state index is 0.0173. The van der Waals surface area contributed by atoms with Gasteiger partial charge >= 0.3 is 0 Å². The topological polar surface area (TPSA) is 55.1 Å². The smallest absolute Gasteiger partial charge is 0.220 e. The van der Waals surface area contributed by atoms with Crippen LogP contribution in [0, 0.1) is 11.6 Å². The molecule has 1 N–H and O–H groups in total. The van der Waals surface area contributed by atoms with E-state index in [1.165, 1.54) is 17.1 Å². The molecule has 0 aliphatic rings. The lowest BCUT2D eigenvalue weighted by Gasteiger charge is -2.03. The van der Waals surface area contributed by atoms with E-state index < -0.39 is 11.6 Å². The third-order valence-corrected chi connectivity index (χ3v) is 4.54. The molecule has 0 aliphatic carbocycles. The molecule has 7 heteroatoms. The summed E-state index contributed by atoms with van der Waals surface area (Å²) in [4.78, 5) is 17.0. The van der Waals surface area contributed by atoms with Gasteiger partial charge in [-0.1, -0.05) is 12.1 Å². The predicted octanol–water partition coefficient (Wildman–Crippen LogP) is 3.97. The third kappa shape index (κ3) is 4.51. The second-order valence-electron chi connectivity index (χ2n) is 5.39. The largest absolute Gasteiger partial charge is 0.441 e. The zero-order valence-corrected chi connectivity index (χ0v) is 14.1. The zero-order valence-electron chi connectivity index (χ0n) is 13.3. The van der Waals surface area contributed by atoms with Crippen LogP contribution in [0.3, 0.4) is 0 Å². The Bertz CT molecular complexity index is 826. The molecule has 3 rings (SSSR count). The number of nitrogens with zero attached hydrogens (tertiary/aromatic N) is 1. The maximum absolute atomic E-state index is 13.7. The van der Waals surface area contributed by atoms with Crippen LogP contribution in [0.15, 0.2) is 46.3 Å². The summed E-state index contributed by atoms with van der Waals surface area (Å²) in [6.45, 7) is 0.566. The molecule has 0 spiro atoms. The molecule has 0 bridgehead atoms. The Kier molecular flexibility index (Phi) is 5.55. The van der Waals surface area contributed by atoms with Crippen LogP contribution in [0.5, 0.6) is 0 Å². The number of rotatable bonds is 7. The second kappa shape index (κ2) is 8.02. The van der Waals surface area contributed by atoms with E-state index in [1.807, 2.05) is 17.5 Å². The highest BCUT2D eigenvalue weighted by Gasteiger charge is 2.16. The minimum atomic E-state index is -0.714. The first-order valence-electron chi connectivity index (χ1n) is 7.81. The number of aryl methyl sites for hydroxylation is 1. The number of carbonyl (C=O) groups excluding carboxylic acids is 1. The Morgan fingerprint density at radius 1 is 1.16 bits per heavy atom. The van der Waals surface area contributed by atoms with Gasteiger partial charge in [-0.3, -0.25) is 4.79 Å². The number of thiophene rings is 1. The van der Waals surface area contributed by atoms with Crippen LogP contribution in [-0.2, 0) is 17.6 Å². The van der Waals surface area contributed by atoms with Gasteiger partial charge in [-0.05, 0) is 30.0 Å². The monoisotopic (exact) mass is 362 g/mol. The fraction of sp³-hybridized carbons (Fsp3) is 0.222. The maximum atomic E-state index is 13.7. The number of oxazole rings is 1. The maximum Gasteiger partial charge on any atom is 0.220 e. The lowest BCUT2D eigenvalue weighted by molar-refractivity contribution is -0.121. The van der Waals surface area contributed by atoms with Crippen LogP contribution in [0.25, 0.3) is 11.3 Å². The molecule has 0 unspecified atom stereocenters. The van der Waals surface area contributed by atoms with Gasteiger partial charge in [0.2, 0.25) is 5.91 Å². The highest BCUT2D eigenvalue weighted by molar-refractivity contribution is 7.09. The molecule has 2 aromatic heterocycles. The van der Waals surface area contributed by atoms with Crippen molar-refractivity contribution in [1.29, 1.82) is 0 Å². The van der Waals surface area contributed by atoms with Crippen molar-refractivity contribution in [2.75, 3.05) is 6.54 Å². The third-order valence-electron chi connectivity index (χ3n) is 3.60. The molecule has 0 radical (unpaired) electrons. The zero-order chi connectivity index (χ0) is 17.6. The quantitative estimate of drug-likeness (QED) is 0.692. The number of hydrogen-bond donors (Lipinski definition) is 1. The van der Waals surface area contributed by atoms with E-state index in [0.29, 0.717) is 6.54 Å². The number of benzene rings is 1. The molecule has 1 amide bonds. The van der Waals surface area contributed by atoms with Crippen LogP contribution >= 0.6 is 11.3 Å². The number of carbonyl (C=O) groups is 1. The SMILES string of the molecule is O=C(CCc1ncc(-c2c(F)cccc2F)o1)NCCc1cccs1. The molecule has 2 heterocycles. The van der Waals surface area contributed by atoms with Crippen molar-refractivity contribution in [3.8, 4) is 11.3 Å². The standard InChI is InChI=1S/C18H16F2N2O2S/c19-13-4-1-5-14(20)18(13)15-11-22-17(24-15)7-6-16(23)21-9-8-12-3-2-10-25-12/h1-5,10-11H,6-9H2,(H,21,23). The van der Waals surface area contributed by atoms with Gasteiger partial charge in [-0.15, -0.1) is 11.3 Å². The van der Waals surface area contributed by atoms with Crippen molar-refractivity contribution in [2.45, 2.75) is 19.3 Å². The van der Waals surface area contributed by atoms with Crippen LogP contribution in [-0.4, -0.2) is 17.4 Å². The minimum Gasteiger partial charge on any atom is -0.441 e. The molecular formula is C18H16F2N2O2S. The Morgan fingerprint density at radius 3 is 2.68 bits per heavy atom. The highest BCUT2D eigenvalue weighted by Crippen LogP contribution is 2.26. The summed E-state index contributed by atoms with van der Waals surface area (Å²) in [6.07, 6.45) is 2.52. The van der Waals surface area contributed by atoms with E-state index in [2.05, 4.69) is 10.3 Å². The van der Waals surface area contributed by atoms with Gasteiger partial charge in [0.1, 0.15) is 11.6 Å². The normalized spacial score (nSPS) is 10.8. The van der Waals surface area contributed by atoms with Gasteiger partial charge in [-0.2, -0.15) is 0 Å². The first-order valence-corrected chi connectivity index (χ1v) is 8.69. The molecule has 25 heavy (non-hydrogen) atoms. The highest BCUT2D eigenvalue weighted by atomic mass is 32.1. The van der Waals surface area contributed by atoms with Crippen LogP contribution in [0.2, 0.25) is 0 Å². The summed E-state index contributed by atoms with van der Waals surface area (Å²) in [7, 11) is 0. The van der Waals surface area contributed by atoms with Crippen LogP contribution in [0.4, 0.5) is 8.78 Å².